The molecule has 1 saturated heterocycles. The number of rotatable bonds is 6. The molecule has 1 aliphatic rings. The predicted octanol–water partition coefficient (Wildman–Crippen LogP) is 5.04. The monoisotopic (exact) mass is 421 g/mol. The Morgan fingerprint density at radius 2 is 1.52 bits per heavy atom. The van der Waals surface area contributed by atoms with Crippen LogP contribution in [0.5, 0.6) is 0 Å². The molecule has 1 aliphatic heterocycles. The number of benzene rings is 2. The molecule has 2 aromatic rings. The number of para-hydroxylation sites is 1. The summed E-state index contributed by atoms with van der Waals surface area (Å²) in [6, 6.07) is 12.3. The molecular formula is C25H31N3O3. The Morgan fingerprint density at radius 1 is 0.968 bits per heavy atom. The maximum Gasteiger partial charge on any atom is 0.332 e. The summed E-state index contributed by atoms with van der Waals surface area (Å²) in [7, 11) is 0. The van der Waals surface area contributed by atoms with Gasteiger partial charge >= 0.3 is 6.03 Å². The SMILES string of the molecule is Cc1ccc(N2C(=O)N(CC(=O)Nc3c(C(C)C)cccc3C(C)C)C(=O)[C@H]2C)cc1. The maximum atomic E-state index is 13.0. The van der Waals surface area contributed by atoms with Crippen molar-refractivity contribution in [1.29, 1.82) is 0 Å². The molecule has 0 radical (unpaired) electrons. The first kappa shape index (κ1) is 22.5. The molecule has 4 amide bonds. The predicted molar refractivity (Wildman–Crippen MR) is 123 cm³/mol. The topological polar surface area (TPSA) is 69.7 Å². The van der Waals surface area contributed by atoms with Gasteiger partial charge < -0.3 is 5.32 Å². The van der Waals surface area contributed by atoms with E-state index in [9.17, 15) is 14.4 Å². The molecule has 6 nitrogen and oxygen atoms in total. The lowest BCUT2D eigenvalue weighted by Gasteiger charge is -2.21. The number of nitrogens with zero attached hydrogens (tertiary/aromatic N) is 2. The molecule has 31 heavy (non-hydrogen) atoms. The van der Waals surface area contributed by atoms with Crippen LogP contribution in [0.1, 0.15) is 63.1 Å². The van der Waals surface area contributed by atoms with Crippen LogP contribution in [0.25, 0.3) is 0 Å². The van der Waals surface area contributed by atoms with Crippen LogP contribution in [0.15, 0.2) is 42.5 Å². The number of imide groups is 1. The van der Waals surface area contributed by atoms with Crippen molar-refractivity contribution in [2.45, 2.75) is 59.4 Å². The lowest BCUT2D eigenvalue weighted by molar-refractivity contribution is -0.130. The van der Waals surface area contributed by atoms with Gasteiger partial charge in [-0.05, 0) is 48.9 Å². The summed E-state index contributed by atoms with van der Waals surface area (Å²) < 4.78 is 0. The van der Waals surface area contributed by atoms with Gasteiger partial charge in [-0.3, -0.25) is 19.4 Å². The number of nitrogens with one attached hydrogen (secondary N) is 1. The van der Waals surface area contributed by atoms with Crippen molar-refractivity contribution in [3.05, 3.63) is 59.2 Å². The Hall–Kier alpha value is -3.15. The summed E-state index contributed by atoms with van der Waals surface area (Å²) in [5.74, 6) is -0.307. The van der Waals surface area contributed by atoms with E-state index in [1.54, 1.807) is 6.92 Å². The average Bonchev–Trinajstić information content (AvgIpc) is 2.92. The number of anilines is 2. The van der Waals surface area contributed by atoms with E-state index in [1.165, 1.54) is 4.90 Å². The zero-order valence-electron chi connectivity index (χ0n) is 19.1. The van der Waals surface area contributed by atoms with E-state index in [4.69, 9.17) is 0 Å². The van der Waals surface area contributed by atoms with Crippen molar-refractivity contribution in [2.24, 2.45) is 0 Å². The molecule has 0 aromatic heterocycles. The minimum Gasteiger partial charge on any atom is -0.324 e. The quantitative estimate of drug-likeness (QED) is 0.665. The number of hydrogen-bond acceptors (Lipinski definition) is 3. The maximum absolute atomic E-state index is 13.0. The highest BCUT2D eigenvalue weighted by molar-refractivity contribution is 6.16. The first-order valence-corrected chi connectivity index (χ1v) is 10.8. The van der Waals surface area contributed by atoms with Crippen molar-refractivity contribution in [2.75, 3.05) is 16.8 Å². The van der Waals surface area contributed by atoms with E-state index in [2.05, 4.69) is 33.0 Å². The summed E-state index contributed by atoms with van der Waals surface area (Å²) in [6.07, 6.45) is 0. The van der Waals surface area contributed by atoms with E-state index in [0.29, 0.717) is 5.69 Å². The number of hydrogen-bond donors (Lipinski definition) is 1. The van der Waals surface area contributed by atoms with Crippen LogP contribution in [-0.2, 0) is 9.59 Å². The molecule has 1 fully saturated rings. The van der Waals surface area contributed by atoms with Crippen LogP contribution < -0.4 is 10.2 Å². The second-order valence-electron chi connectivity index (χ2n) is 8.76. The summed E-state index contributed by atoms with van der Waals surface area (Å²) in [6.45, 7) is 11.6. The minimum absolute atomic E-state index is 0.223. The third-order valence-electron chi connectivity index (χ3n) is 5.70. The first-order chi connectivity index (χ1) is 14.6. The van der Waals surface area contributed by atoms with E-state index in [0.717, 1.165) is 27.3 Å². The highest BCUT2D eigenvalue weighted by Gasteiger charge is 2.44. The molecule has 0 bridgehead atoms. The van der Waals surface area contributed by atoms with Gasteiger partial charge in [-0.2, -0.15) is 0 Å². The molecule has 0 aliphatic carbocycles. The minimum atomic E-state index is -0.655. The van der Waals surface area contributed by atoms with Crippen LogP contribution in [-0.4, -0.2) is 35.3 Å². The smallest absolute Gasteiger partial charge is 0.324 e. The third-order valence-corrected chi connectivity index (χ3v) is 5.70. The Kier molecular flexibility index (Phi) is 6.48. The Bertz CT molecular complexity index is 969. The van der Waals surface area contributed by atoms with E-state index >= 15 is 0 Å². The largest absolute Gasteiger partial charge is 0.332 e. The van der Waals surface area contributed by atoms with Crippen molar-refractivity contribution in [1.82, 2.24) is 4.90 Å². The molecule has 2 aromatic carbocycles. The number of aryl methyl sites for hydroxylation is 1. The lowest BCUT2D eigenvalue weighted by Crippen LogP contribution is -2.39. The number of carbonyl (C=O) groups is 3. The fraction of sp³-hybridized carbons (Fsp3) is 0.400. The van der Waals surface area contributed by atoms with E-state index in [1.807, 2.05) is 49.4 Å². The average molecular weight is 422 g/mol. The normalized spacial score (nSPS) is 16.6. The van der Waals surface area contributed by atoms with Crippen LogP contribution in [0.2, 0.25) is 0 Å². The molecule has 1 heterocycles. The van der Waals surface area contributed by atoms with Crippen molar-refractivity contribution >= 4 is 29.2 Å². The van der Waals surface area contributed by atoms with Crippen molar-refractivity contribution < 1.29 is 14.4 Å². The molecule has 6 heteroatoms. The van der Waals surface area contributed by atoms with Gasteiger partial charge in [0.05, 0.1) is 0 Å². The van der Waals surface area contributed by atoms with Crippen LogP contribution >= 0.6 is 0 Å². The van der Waals surface area contributed by atoms with Gasteiger partial charge in [-0.1, -0.05) is 63.6 Å². The molecule has 3 rings (SSSR count). The van der Waals surface area contributed by atoms with Gasteiger partial charge in [0, 0.05) is 11.4 Å². The lowest BCUT2D eigenvalue weighted by atomic mass is 9.92. The number of urea groups is 1. The van der Waals surface area contributed by atoms with Gasteiger partial charge in [-0.15, -0.1) is 0 Å². The number of amides is 4. The van der Waals surface area contributed by atoms with E-state index < -0.39 is 12.1 Å². The fourth-order valence-electron chi connectivity index (χ4n) is 3.93. The molecule has 1 atom stereocenters. The summed E-state index contributed by atoms with van der Waals surface area (Å²) >= 11 is 0. The van der Waals surface area contributed by atoms with Gasteiger partial charge in [-0.25, -0.2) is 4.79 Å². The molecule has 1 N–H and O–H groups in total. The van der Waals surface area contributed by atoms with Crippen LogP contribution in [0.3, 0.4) is 0 Å². The standard InChI is InChI=1S/C25H31N3O3/c1-15(2)20-8-7-9-21(16(3)4)23(20)26-22(29)14-27-24(30)18(6)28(25(27)31)19-12-10-17(5)11-13-19/h7-13,15-16,18H,14H2,1-6H3,(H,26,29)/t18-/m1/s1. The van der Waals surface area contributed by atoms with Crippen molar-refractivity contribution in [3.63, 3.8) is 0 Å². The highest BCUT2D eigenvalue weighted by atomic mass is 16.2. The van der Waals surface area contributed by atoms with Gasteiger partial charge in [0.15, 0.2) is 0 Å². The van der Waals surface area contributed by atoms with Gasteiger partial charge in [0.25, 0.3) is 5.91 Å². The molecule has 0 unspecified atom stereocenters. The summed E-state index contributed by atoms with van der Waals surface area (Å²) in [4.78, 5) is 41.2. The molecular weight excluding hydrogens is 390 g/mol. The zero-order valence-corrected chi connectivity index (χ0v) is 19.1. The second kappa shape index (κ2) is 8.92. The Labute approximate surface area is 184 Å². The summed E-state index contributed by atoms with van der Waals surface area (Å²) in [5.41, 5.74) is 4.56. The Balaban J connectivity index is 1.82. The fourth-order valence-corrected chi connectivity index (χ4v) is 3.93. The van der Waals surface area contributed by atoms with Gasteiger partial charge in [0.2, 0.25) is 5.91 Å². The van der Waals surface area contributed by atoms with Crippen LogP contribution in [0.4, 0.5) is 16.2 Å². The molecule has 0 spiro atoms. The number of carbonyl (C=O) groups excluding carboxylic acids is 3. The Morgan fingerprint density at radius 3 is 2.03 bits per heavy atom. The molecule has 164 valence electrons. The van der Waals surface area contributed by atoms with Crippen molar-refractivity contribution in [3.8, 4) is 0 Å². The molecule has 0 saturated carbocycles. The van der Waals surface area contributed by atoms with Crippen LogP contribution in [0, 0.1) is 6.92 Å². The van der Waals surface area contributed by atoms with Gasteiger partial charge in [0.1, 0.15) is 12.6 Å². The zero-order chi connectivity index (χ0) is 22.9. The van der Waals surface area contributed by atoms with E-state index in [-0.39, 0.29) is 30.2 Å². The first-order valence-electron chi connectivity index (χ1n) is 10.8. The summed E-state index contributed by atoms with van der Waals surface area (Å²) in [5, 5.41) is 2.98. The third kappa shape index (κ3) is 4.48. The highest BCUT2D eigenvalue weighted by Crippen LogP contribution is 2.32. The second-order valence-corrected chi connectivity index (χ2v) is 8.76.